The van der Waals surface area contributed by atoms with Crippen LogP contribution in [0.5, 0.6) is 0 Å². The van der Waals surface area contributed by atoms with E-state index in [2.05, 4.69) is 181 Å². The topological polar surface area (TPSA) is 38.7 Å². The molecule has 0 aliphatic carbocycles. The van der Waals surface area contributed by atoms with Gasteiger partial charge in [0.2, 0.25) is 0 Å². The van der Waals surface area contributed by atoms with Crippen LogP contribution in [0.1, 0.15) is 0 Å². The minimum absolute atomic E-state index is 0.682. The minimum Gasteiger partial charge on any atom is -0.264 e. The predicted molar refractivity (Wildman–Crippen MR) is 234 cm³/mol. The van der Waals surface area contributed by atoms with Gasteiger partial charge in [0.25, 0.3) is 0 Å². The van der Waals surface area contributed by atoms with Gasteiger partial charge in [0.1, 0.15) is 0 Å². The summed E-state index contributed by atoms with van der Waals surface area (Å²) in [5.41, 5.74) is 11.7. The van der Waals surface area contributed by atoms with Crippen molar-refractivity contribution in [2.24, 2.45) is 0 Å². The van der Waals surface area contributed by atoms with Gasteiger partial charge >= 0.3 is 0 Å². The molecular weight excluding hydrogens is 679 g/mol. The molecule has 9 aromatic carbocycles. The molecule has 0 unspecified atom stereocenters. The Balaban J connectivity index is 1.07. The summed E-state index contributed by atoms with van der Waals surface area (Å²) in [6.07, 6.45) is 3.71. The molecule has 3 heteroatoms. The van der Waals surface area contributed by atoms with E-state index in [0.29, 0.717) is 5.82 Å². The van der Waals surface area contributed by atoms with Crippen molar-refractivity contribution < 1.29 is 0 Å². The molecule has 0 bridgehead atoms. The fraction of sp³-hybridized carbons (Fsp3) is 0. The zero-order valence-electron chi connectivity index (χ0n) is 30.4. The molecule has 0 amide bonds. The quantitative estimate of drug-likeness (QED) is 0.161. The highest BCUT2D eigenvalue weighted by Gasteiger charge is 2.18. The van der Waals surface area contributed by atoms with E-state index in [1.807, 2.05) is 18.3 Å². The van der Waals surface area contributed by atoms with E-state index in [0.717, 1.165) is 44.8 Å². The molecule has 0 saturated carbocycles. The summed E-state index contributed by atoms with van der Waals surface area (Å²) in [6, 6.07) is 67.3. The van der Waals surface area contributed by atoms with Crippen LogP contribution in [0.4, 0.5) is 0 Å². The number of nitrogens with zero attached hydrogens (tertiary/aromatic N) is 3. The predicted octanol–water partition coefficient (Wildman–Crippen LogP) is 13.9. The van der Waals surface area contributed by atoms with Gasteiger partial charge in [-0.3, -0.25) is 4.98 Å². The smallest absolute Gasteiger partial charge is 0.160 e. The number of pyridine rings is 1. The summed E-state index contributed by atoms with van der Waals surface area (Å²) < 4.78 is 0. The van der Waals surface area contributed by atoms with Crippen LogP contribution in [0.15, 0.2) is 200 Å². The lowest BCUT2D eigenvalue weighted by molar-refractivity contribution is 1.18. The van der Waals surface area contributed by atoms with Crippen molar-refractivity contribution in [1.29, 1.82) is 0 Å². The summed E-state index contributed by atoms with van der Waals surface area (Å²) in [6.45, 7) is 0. The Bertz CT molecular complexity index is 3240. The average Bonchev–Trinajstić information content (AvgIpc) is 3.28. The third-order valence-corrected chi connectivity index (χ3v) is 11.1. The Morgan fingerprint density at radius 3 is 1.64 bits per heavy atom. The van der Waals surface area contributed by atoms with Crippen molar-refractivity contribution in [2.45, 2.75) is 0 Å². The monoisotopic (exact) mass is 711 g/mol. The van der Waals surface area contributed by atoms with Crippen LogP contribution in [0, 0.1) is 0 Å². The third-order valence-electron chi connectivity index (χ3n) is 11.1. The van der Waals surface area contributed by atoms with Gasteiger partial charge in [-0.2, -0.15) is 0 Å². The Labute approximate surface area is 324 Å². The molecular formula is C53H33N3. The molecule has 2 heterocycles. The largest absolute Gasteiger partial charge is 0.264 e. The van der Waals surface area contributed by atoms with Crippen molar-refractivity contribution >= 4 is 43.1 Å². The van der Waals surface area contributed by atoms with Crippen LogP contribution in [-0.2, 0) is 0 Å². The fourth-order valence-corrected chi connectivity index (χ4v) is 8.44. The Hall–Kier alpha value is -7.49. The second-order valence-corrected chi connectivity index (χ2v) is 14.4. The summed E-state index contributed by atoms with van der Waals surface area (Å²) in [7, 11) is 0. The molecule has 11 rings (SSSR count). The van der Waals surface area contributed by atoms with Gasteiger partial charge in [-0.05, 0) is 95.2 Å². The third kappa shape index (κ3) is 5.40. The lowest BCUT2D eigenvalue weighted by Crippen LogP contribution is -1.97. The Morgan fingerprint density at radius 2 is 0.893 bits per heavy atom. The molecule has 260 valence electrons. The molecule has 0 atom stereocenters. The Morgan fingerprint density at radius 1 is 0.304 bits per heavy atom. The van der Waals surface area contributed by atoms with Crippen LogP contribution in [0.2, 0.25) is 0 Å². The molecule has 0 spiro atoms. The summed E-state index contributed by atoms with van der Waals surface area (Å²) in [5.74, 6) is 0.682. The molecule has 11 aromatic rings. The SMILES string of the molecule is c1ccc(-c2cc(-c3ccccc3-c3cccnc3)nc(-c3cccc(-c4ccc5ccc6c(-c7ccc8ccccc8c7)ccc7ccc4c5c76)c3)n2)cc1. The number of benzene rings is 9. The van der Waals surface area contributed by atoms with Gasteiger partial charge in [-0.1, -0.05) is 164 Å². The lowest BCUT2D eigenvalue weighted by atomic mass is 9.87. The summed E-state index contributed by atoms with van der Waals surface area (Å²) >= 11 is 0. The maximum Gasteiger partial charge on any atom is 0.160 e. The normalized spacial score (nSPS) is 11.6. The van der Waals surface area contributed by atoms with Crippen molar-refractivity contribution in [3.8, 4) is 67.3 Å². The maximum atomic E-state index is 5.28. The van der Waals surface area contributed by atoms with Gasteiger partial charge in [0, 0.05) is 34.6 Å². The van der Waals surface area contributed by atoms with E-state index in [1.165, 1.54) is 59.8 Å². The van der Waals surface area contributed by atoms with Gasteiger partial charge in [0.15, 0.2) is 5.82 Å². The second kappa shape index (κ2) is 13.1. The first-order valence-electron chi connectivity index (χ1n) is 19.0. The van der Waals surface area contributed by atoms with Crippen molar-refractivity contribution in [3.05, 3.63) is 200 Å². The zero-order chi connectivity index (χ0) is 37.0. The molecule has 3 nitrogen and oxygen atoms in total. The molecule has 0 radical (unpaired) electrons. The van der Waals surface area contributed by atoms with Crippen LogP contribution < -0.4 is 0 Å². The molecule has 0 aliphatic rings. The highest BCUT2D eigenvalue weighted by molar-refractivity contribution is 6.27. The van der Waals surface area contributed by atoms with Gasteiger partial charge in [-0.25, -0.2) is 9.97 Å². The van der Waals surface area contributed by atoms with E-state index in [1.54, 1.807) is 6.20 Å². The maximum absolute atomic E-state index is 5.28. The number of hydrogen-bond donors (Lipinski definition) is 0. The molecule has 2 aromatic heterocycles. The molecule has 0 saturated heterocycles. The first-order valence-corrected chi connectivity index (χ1v) is 19.0. The number of aromatic nitrogens is 3. The highest BCUT2D eigenvalue weighted by Crippen LogP contribution is 2.43. The van der Waals surface area contributed by atoms with Crippen LogP contribution in [-0.4, -0.2) is 15.0 Å². The van der Waals surface area contributed by atoms with Crippen molar-refractivity contribution in [3.63, 3.8) is 0 Å². The zero-order valence-corrected chi connectivity index (χ0v) is 30.4. The number of rotatable bonds is 6. The minimum atomic E-state index is 0.682. The van der Waals surface area contributed by atoms with Crippen LogP contribution >= 0.6 is 0 Å². The van der Waals surface area contributed by atoms with Gasteiger partial charge in [-0.15, -0.1) is 0 Å². The standard InChI is InChI=1S/C53H33N3/c1-2-11-35(12-3-1)49-32-50(46-18-7-6-17-43(46)42-16-9-29-54-33-42)56-53(55-49)41-15-8-14-39(31-41)44-25-21-36-24-28-48-45(26-22-37-23-27-47(44)51(36)52(37)48)40-20-19-34-10-4-5-13-38(34)30-40/h1-33H. The van der Waals surface area contributed by atoms with E-state index in [-0.39, 0.29) is 0 Å². The van der Waals surface area contributed by atoms with Crippen LogP contribution in [0.25, 0.3) is 110 Å². The number of hydrogen-bond acceptors (Lipinski definition) is 3. The van der Waals surface area contributed by atoms with E-state index >= 15 is 0 Å². The number of fused-ring (bicyclic) bond motifs is 1. The summed E-state index contributed by atoms with van der Waals surface area (Å²) in [5, 5.41) is 10.1. The van der Waals surface area contributed by atoms with E-state index in [9.17, 15) is 0 Å². The fourth-order valence-electron chi connectivity index (χ4n) is 8.44. The molecule has 0 fully saturated rings. The first-order chi connectivity index (χ1) is 27.7. The second-order valence-electron chi connectivity index (χ2n) is 14.4. The van der Waals surface area contributed by atoms with E-state index < -0.39 is 0 Å². The lowest BCUT2D eigenvalue weighted by Gasteiger charge is -2.17. The van der Waals surface area contributed by atoms with Crippen molar-refractivity contribution in [1.82, 2.24) is 15.0 Å². The molecule has 0 aliphatic heterocycles. The van der Waals surface area contributed by atoms with E-state index in [4.69, 9.17) is 9.97 Å². The average molecular weight is 712 g/mol. The Kier molecular flexibility index (Phi) is 7.49. The van der Waals surface area contributed by atoms with Crippen LogP contribution in [0.3, 0.4) is 0 Å². The van der Waals surface area contributed by atoms with Gasteiger partial charge < -0.3 is 0 Å². The van der Waals surface area contributed by atoms with Gasteiger partial charge in [0.05, 0.1) is 11.4 Å². The van der Waals surface area contributed by atoms with Crippen molar-refractivity contribution in [2.75, 3.05) is 0 Å². The molecule has 0 N–H and O–H groups in total. The summed E-state index contributed by atoms with van der Waals surface area (Å²) in [4.78, 5) is 14.9. The molecule has 56 heavy (non-hydrogen) atoms. The first kappa shape index (κ1) is 32.0. The highest BCUT2D eigenvalue weighted by atomic mass is 14.9.